The first-order valence-corrected chi connectivity index (χ1v) is 6.71. The zero-order valence-corrected chi connectivity index (χ0v) is 11.2. The van der Waals surface area contributed by atoms with Crippen molar-refractivity contribution in [1.29, 1.82) is 0 Å². The van der Waals surface area contributed by atoms with Gasteiger partial charge >= 0.3 is 0 Å². The lowest BCUT2D eigenvalue weighted by Crippen LogP contribution is -2.25. The van der Waals surface area contributed by atoms with Crippen molar-refractivity contribution in [2.24, 2.45) is 11.7 Å². The van der Waals surface area contributed by atoms with Crippen molar-refractivity contribution in [3.05, 3.63) is 21.0 Å². The van der Waals surface area contributed by atoms with E-state index in [2.05, 4.69) is 26.3 Å². The Hall–Kier alpha value is -0.880. The summed E-state index contributed by atoms with van der Waals surface area (Å²) in [7, 11) is 0. The number of halogens is 1. The molecule has 0 atom stereocenters. The molecule has 94 valence electrons. The molecule has 3 N–H and O–H groups in total. The van der Waals surface area contributed by atoms with E-state index in [0.717, 1.165) is 25.2 Å². The smallest absolute Gasteiger partial charge is 0.283 e. The van der Waals surface area contributed by atoms with E-state index in [4.69, 9.17) is 5.73 Å². The highest BCUT2D eigenvalue weighted by Gasteiger charge is 2.23. The zero-order valence-electron chi connectivity index (χ0n) is 9.66. The van der Waals surface area contributed by atoms with Crippen molar-refractivity contribution in [3.8, 4) is 0 Å². The van der Waals surface area contributed by atoms with E-state index in [-0.39, 0.29) is 5.56 Å². The SMILES string of the molecule is NCCCNc1cnn(CC2CC2)c(=O)c1Br. The highest BCUT2D eigenvalue weighted by atomic mass is 79.9. The number of anilines is 1. The molecule has 1 aromatic heterocycles. The molecule has 1 heterocycles. The Balaban J connectivity index is 2.08. The summed E-state index contributed by atoms with van der Waals surface area (Å²) < 4.78 is 2.10. The van der Waals surface area contributed by atoms with Crippen LogP contribution in [0, 0.1) is 5.92 Å². The summed E-state index contributed by atoms with van der Waals surface area (Å²) in [6.07, 6.45) is 4.99. The molecule has 0 aliphatic heterocycles. The lowest BCUT2D eigenvalue weighted by molar-refractivity contribution is 0.532. The molecule has 2 rings (SSSR count). The largest absolute Gasteiger partial charge is 0.383 e. The fourth-order valence-corrected chi connectivity index (χ4v) is 2.04. The summed E-state index contributed by atoms with van der Waals surface area (Å²) in [6, 6.07) is 0. The number of hydrogen-bond acceptors (Lipinski definition) is 4. The van der Waals surface area contributed by atoms with E-state index in [1.807, 2.05) is 0 Å². The predicted molar refractivity (Wildman–Crippen MR) is 71.1 cm³/mol. The van der Waals surface area contributed by atoms with Crippen molar-refractivity contribution < 1.29 is 0 Å². The Kier molecular flexibility index (Phi) is 4.17. The van der Waals surface area contributed by atoms with Crippen LogP contribution >= 0.6 is 15.9 Å². The molecule has 1 saturated carbocycles. The molecule has 0 bridgehead atoms. The van der Waals surface area contributed by atoms with Gasteiger partial charge in [0.15, 0.2) is 0 Å². The molecule has 17 heavy (non-hydrogen) atoms. The Labute approximate surface area is 109 Å². The molecule has 1 aliphatic rings. The minimum atomic E-state index is -0.0605. The summed E-state index contributed by atoms with van der Waals surface area (Å²) in [5.74, 6) is 0.642. The Morgan fingerprint density at radius 3 is 3.00 bits per heavy atom. The van der Waals surface area contributed by atoms with Gasteiger partial charge in [0.2, 0.25) is 0 Å². The van der Waals surface area contributed by atoms with Gasteiger partial charge in [-0.15, -0.1) is 0 Å². The average molecular weight is 301 g/mol. The maximum atomic E-state index is 12.0. The summed E-state index contributed by atoms with van der Waals surface area (Å²) in [4.78, 5) is 12.0. The number of rotatable bonds is 6. The van der Waals surface area contributed by atoms with E-state index >= 15 is 0 Å². The second-order valence-electron chi connectivity index (χ2n) is 4.37. The fourth-order valence-electron chi connectivity index (χ4n) is 1.59. The summed E-state index contributed by atoms with van der Waals surface area (Å²) in [5.41, 5.74) is 6.10. The van der Waals surface area contributed by atoms with Crippen LogP contribution < -0.4 is 16.6 Å². The van der Waals surface area contributed by atoms with Crippen LogP contribution in [0.1, 0.15) is 19.3 Å². The van der Waals surface area contributed by atoms with Gasteiger partial charge in [0, 0.05) is 13.1 Å². The monoisotopic (exact) mass is 300 g/mol. The standard InChI is InChI=1S/C11H17BrN4O/c12-10-9(14-5-1-4-13)6-15-16(11(10)17)7-8-2-3-8/h6,8,14H,1-5,7,13H2. The Morgan fingerprint density at radius 1 is 1.59 bits per heavy atom. The molecule has 5 nitrogen and oxygen atoms in total. The van der Waals surface area contributed by atoms with Gasteiger partial charge in [-0.2, -0.15) is 5.10 Å². The predicted octanol–water partition coefficient (Wildman–Crippen LogP) is 1.18. The van der Waals surface area contributed by atoms with Gasteiger partial charge in [0.1, 0.15) is 4.47 Å². The van der Waals surface area contributed by atoms with Gasteiger partial charge in [-0.3, -0.25) is 4.79 Å². The number of aromatic nitrogens is 2. The average Bonchev–Trinajstić information content (AvgIpc) is 3.12. The van der Waals surface area contributed by atoms with Crippen molar-refractivity contribution in [2.45, 2.75) is 25.8 Å². The molecular weight excluding hydrogens is 284 g/mol. The molecule has 0 aromatic carbocycles. The van der Waals surface area contributed by atoms with Crippen LogP contribution in [-0.4, -0.2) is 22.9 Å². The first kappa shape index (κ1) is 12.6. The molecule has 6 heteroatoms. The summed E-state index contributed by atoms with van der Waals surface area (Å²) in [5, 5.41) is 7.33. The molecule has 0 saturated heterocycles. The first-order valence-electron chi connectivity index (χ1n) is 5.92. The third-order valence-electron chi connectivity index (χ3n) is 2.81. The van der Waals surface area contributed by atoms with E-state index in [0.29, 0.717) is 16.9 Å². The second-order valence-corrected chi connectivity index (χ2v) is 5.16. The molecule has 1 fully saturated rings. The van der Waals surface area contributed by atoms with Crippen molar-refractivity contribution in [1.82, 2.24) is 9.78 Å². The van der Waals surface area contributed by atoms with Crippen LogP contribution in [0.2, 0.25) is 0 Å². The van der Waals surface area contributed by atoms with Crippen LogP contribution in [-0.2, 0) is 6.54 Å². The number of hydrogen-bond donors (Lipinski definition) is 2. The van der Waals surface area contributed by atoms with Crippen LogP contribution in [0.15, 0.2) is 15.5 Å². The van der Waals surface area contributed by atoms with Crippen LogP contribution in [0.4, 0.5) is 5.69 Å². The molecular formula is C11H17BrN4O. The van der Waals surface area contributed by atoms with Crippen LogP contribution in [0.3, 0.4) is 0 Å². The van der Waals surface area contributed by atoms with E-state index in [1.165, 1.54) is 17.5 Å². The molecule has 0 radical (unpaired) electrons. The third kappa shape index (κ3) is 3.29. The van der Waals surface area contributed by atoms with Crippen LogP contribution in [0.5, 0.6) is 0 Å². The van der Waals surface area contributed by atoms with Gasteiger partial charge in [0.05, 0.1) is 11.9 Å². The van der Waals surface area contributed by atoms with Crippen molar-refractivity contribution >= 4 is 21.6 Å². The molecule has 0 unspecified atom stereocenters. The third-order valence-corrected chi connectivity index (χ3v) is 3.58. The second kappa shape index (κ2) is 5.64. The number of nitrogens with one attached hydrogen (secondary N) is 1. The summed E-state index contributed by atoms with van der Waals surface area (Å²) >= 11 is 3.33. The quantitative estimate of drug-likeness (QED) is 0.774. The van der Waals surface area contributed by atoms with Gasteiger partial charge in [-0.05, 0) is 47.7 Å². The number of nitrogens with zero attached hydrogens (tertiary/aromatic N) is 2. The molecule has 0 amide bonds. The maximum absolute atomic E-state index is 12.0. The van der Waals surface area contributed by atoms with E-state index in [1.54, 1.807) is 6.20 Å². The Morgan fingerprint density at radius 2 is 2.35 bits per heavy atom. The minimum absolute atomic E-state index is 0.0605. The highest BCUT2D eigenvalue weighted by molar-refractivity contribution is 9.10. The van der Waals surface area contributed by atoms with E-state index < -0.39 is 0 Å². The van der Waals surface area contributed by atoms with Gasteiger partial charge in [0.25, 0.3) is 5.56 Å². The Bertz CT molecular complexity index is 442. The number of nitrogens with two attached hydrogens (primary N) is 1. The van der Waals surface area contributed by atoms with Gasteiger partial charge < -0.3 is 11.1 Å². The first-order chi connectivity index (χ1) is 8.22. The van der Waals surface area contributed by atoms with Crippen LogP contribution in [0.25, 0.3) is 0 Å². The van der Waals surface area contributed by atoms with Crippen molar-refractivity contribution in [2.75, 3.05) is 18.4 Å². The van der Waals surface area contributed by atoms with Crippen molar-refractivity contribution in [3.63, 3.8) is 0 Å². The lowest BCUT2D eigenvalue weighted by atomic mass is 10.4. The van der Waals surface area contributed by atoms with Gasteiger partial charge in [-0.1, -0.05) is 0 Å². The fraction of sp³-hybridized carbons (Fsp3) is 0.636. The van der Waals surface area contributed by atoms with E-state index in [9.17, 15) is 4.79 Å². The van der Waals surface area contributed by atoms with Gasteiger partial charge in [-0.25, -0.2) is 4.68 Å². The normalized spacial score (nSPS) is 14.9. The zero-order chi connectivity index (χ0) is 12.3. The maximum Gasteiger partial charge on any atom is 0.283 e. The highest BCUT2D eigenvalue weighted by Crippen LogP contribution is 2.30. The topological polar surface area (TPSA) is 72.9 Å². The molecule has 1 aliphatic carbocycles. The molecule has 0 spiro atoms. The summed E-state index contributed by atoms with van der Waals surface area (Å²) in [6.45, 7) is 2.13. The minimum Gasteiger partial charge on any atom is -0.383 e. The molecule has 1 aromatic rings. The lowest BCUT2D eigenvalue weighted by Gasteiger charge is -2.09.